The van der Waals surface area contributed by atoms with Gasteiger partial charge in [-0.2, -0.15) is 0 Å². The normalized spacial score (nSPS) is 12.1. The number of benzene rings is 2. The summed E-state index contributed by atoms with van der Waals surface area (Å²) in [6.45, 7) is 1.26. The van der Waals surface area contributed by atoms with Crippen LogP contribution in [0.4, 0.5) is 5.69 Å². The summed E-state index contributed by atoms with van der Waals surface area (Å²) in [6, 6.07) is 11.1. The number of para-hydroxylation sites is 1. The maximum Gasteiger partial charge on any atom is 0.332 e. The van der Waals surface area contributed by atoms with Gasteiger partial charge in [0.2, 0.25) is 0 Å². The summed E-state index contributed by atoms with van der Waals surface area (Å²) in [5.41, 5.74) is 1.79. The van der Waals surface area contributed by atoms with E-state index >= 15 is 0 Å². The molecule has 1 aromatic heterocycles. The van der Waals surface area contributed by atoms with Gasteiger partial charge in [0.05, 0.1) is 12.8 Å². The Hall–Kier alpha value is -3.06. The summed E-state index contributed by atoms with van der Waals surface area (Å²) in [4.78, 5) is 23.8. The Labute approximate surface area is 149 Å². The maximum atomic E-state index is 12.3. The Bertz CT molecular complexity index is 961. The van der Waals surface area contributed by atoms with Crippen molar-refractivity contribution in [3.05, 3.63) is 36.4 Å². The second-order valence-electron chi connectivity index (χ2n) is 5.70. The highest BCUT2D eigenvalue weighted by Crippen LogP contribution is 2.36. The summed E-state index contributed by atoms with van der Waals surface area (Å²) in [7, 11) is 2.89. The molecule has 2 aromatic carbocycles. The minimum Gasteiger partial charge on any atom is -0.495 e. The third-order valence-corrected chi connectivity index (χ3v) is 3.90. The van der Waals surface area contributed by atoms with Crippen molar-refractivity contribution in [3.63, 3.8) is 0 Å². The van der Waals surface area contributed by atoms with Gasteiger partial charge < -0.3 is 23.9 Å². The number of carbonyl (C=O) groups excluding carboxylic acids is 2. The predicted molar refractivity (Wildman–Crippen MR) is 96.3 cm³/mol. The van der Waals surface area contributed by atoms with Crippen LogP contribution in [0.5, 0.6) is 5.75 Å². The molecule has 0 unspecified atom stereocenters. The Morgan fingerprint density at radius 3 is 2.62 bits per heavy atom. The molecule has 0 aliphatic rings. The summed E-state index contributed by atoms with van der Waals surface area (Å²) in [6.07, 6.45) is -0.978. The van der Waals surface area contributed by atoms with Gasteiger partial charge in [-0.1, -0.05) is 18.2 Å². The second-order valence-corrected chi connectivity index (χ2v) is 5.70. The van der Waals surface area contributed by atoms with Crippen LogP contribution in [0.1, 0.15) is 6.92 Å². The van der Waals surface area contributed by atoms with E-state index in [0.717, 1.165) is 16.4 Å². The number of hydrogen-bond acceptors (Lipinski definition) is 6. The first-order chi connectivity index (χ1) is 12.5. The highest BCUT2D eigenvalue weighted by Gasteiger charge is 2.20. The molecule has 1 atom stereocenters. The van der Waals surface area contributed by atoms with Gasteiger partial charge in [-0.05, 0) is 19.1 Å². The minimum atomic E-state index is -0.978. The van der Waals surface area contributed by atoms with Crippen LogP contribution in [0.2, 0.25) is 0 Å². The fraction of sp³-hybridized carbons (Fsp3) is 0.263. The molecular formula is C19H19NO6. The number of nitrogens with one attached hydrogen (secondary N) is 1. The lowest BCUT2D eigenvalue weighted by molar-refractivity contribution is -0.156. The Morgan fingerprint density at radius 1 is 1.12 bits per heavy atom. The van der Waals surface area contributed by atoms with Crippen LogP contribution in [0, 0.1) is 0 Å². The first-order valence-electron chi connectivity index (χ1n) is 8.02. The van der Waals surface area contributed by atoms with Gasteiger partial charge in [-0.15, -0.1) is 0 Å². The number of ether oxygens (including phenoxy) is 3. The van der Waals surface area contributed by atoms with Crippen molar-refractivity contribution in [2.45, 2.75) is 13.0 Å². The van der Waals surface area contributed by atoms with Gasteiger partial charge in [0, 0.05) is 23.9 Å². The van der Waals surface area contributed by atoms with E-state index in [-0.39, 0.29) is 6.61 Å². The van der Waals surface area contributed by atoms with E-state index in [2.05, 4.69) is 10.1 Å². The number of amides is 1. The largest absolute Gasteiger partial charge is 0.495 e. The second kappa shape index (κ2) is 7.45. The fourth-order valence-electron chi connectivity index (χ4n) is 2.65. The quantitative estimate of drug-likeness (QED) is 0.682. The van der Waals surface area contributed by atoms with E-state index in [1.807, 2.05) is 24.3 Å². The average Bonchev–Trinajstić information content (AvgIpc) is 2.98. The molecule has 1 N–H and O–H groups in total. The number of anilines is 1. The molecule has 7 nitrogen and oxygen atoms in total. The van der Waals surface area contributed by atoms with Crippen molar-refractivity contribution in [2.75, 3.05) is 26.1 Å². The zero-order valence-corrected chi connectivity index (χ0v) is 14.7. The lowest BCUT2D eigenvalue weighted by Crippen LogP contribution is -2.31. The molecule has 0 spiro atoms. The van der Waals surface area contributed by atoms with Crippen LogP contribution >= 0.6 is 0 Å². The summed E-state index contributed by atoms with van der Waals surface area (Å²) in [5.74, 6) is -0.620. The van der Waals surface area contributed by atoms with Crippen LogP contribution in [-0.4, -0.2) is 38.8 Å². The Balaban J connectivity index is 1.88. The van der Waals surface area contributed by atoms with Gasteiger partial charge in [-0.3, -0.25) is 4.79 Å². The van der Waals surface area contributed by atoms with Crippen LogP contribution in [0.15, 0.2) is 40.8 Å². The fourth-order valence-corrected chi connectivity index (χ4v) is 2.65. The molecule has 3 aromatic rings. The van der Waals surface area contributed by atoms with Gasteiger partial charge in [0.1, 0.15) is 23.5 Å². The highest BCUT2D eigenvalue weighted by atomic mass is 16.6. The number of furan rings is 1. The molecule has 0 fully saturated rings. The molecule has 0 saturated heterocycles. The smallest absolute Gasteiger partial charge is 0.332 e. The molecule has 0 bridgehead atoms. The highest BCUT2D eigenvalue weighted by molar-refractivity contribution is 6.08. The maximum absolute atomic E-state index is 12.3. The molecule has 7 heteroatoms. The molecule has 0 aliphatic heterocycles. The average molecular weight is 357 g/mol. The number of methoxy groups -OCH3 is 2. The van der Waals surface area contributed by atoms with Gasteiger partial charge >= 0.3 is 5.97 Å². The van der Waals surface area contributed by atoms with Crippen LogP contribution < -0.4 is 10.1 Å². The predicted octanol–water partition coefficient (Wildman–Crippen LogP) is 3.11. The van der Waals surface area contributed by atoms with E-state index in [9.17, 15) is 9.59 Å². The molecule has 136 valence electrons. The van der Waals surface area contributed by atoms with Crippen molar-refractivity contribution in [1.29, 1.82) is 0 Å². The summed E-state index contributed by atoms with van der Waals surface area (Å²) in [5, 5.41) is 4.55. The zero-order chi connectivity index (χ0) is 18.7. The van der Waals surface area contributed by atoms with Gasteiger partial charge in [0.15, 0.2) is 6.10 Å². The monoisotopic (exact) mass is 357 g/mol. The van der Waals surface area contributed by atoms with Gasteiger partial charge in [-0.25, -0.2) is 4.79 Å². The standard InChI is InChI=1S/C19H19NO6/c1-11(25-18(21)10-23-2)19(22)20-14-9-16-13(8-17(14)24-3)12-6-4-5-7-15(12)26-16/h4-9,11H,10H2,1-3H3,(H,20,22)/t11-/m0/s1. The van der Waals surface area contributed by atoms with Crippen molar-refractivity contribution in [3.8, 4) is 5.75 Å². The van der Waals surface area contributed by atoms with Crippen molar-refractivity contribution < 1.29 is 28.2 Å². The molecule has 0 aliphatic carbocycles. The molecule has 0 radical (unpaired) electrons. The molecule has 1 heterocycles. The Kier molecular flexibility index (Phi) is 5.09. The molecular weight excluding hydrogens is 338 g/mol. The van der Waals surface area contributed by atoms with Crippen molar-refractivity contribution in [2.24, 2.45) is 0 Å². The van der Waals surface area contributed by atoms with Crippen molar-refractivity contribution >= 4 is 39.5 Å². The summed E-state index contributed by atoms with van der Waals surface area (Å²) < 4.78 is 20.9. The summed E-state index contributed by atoms with van der Waals surface area (Å²) >= 11 is 0. The van der Waals surface area contributed by atoms with E-state index in [0.29, 0.717) is 17.0 Å². The molecule has 0 saturated carbocycles. The van der Waals surface area contributed by atoms with Gasteiger partial charge in [0.25, 0.3) is 5.91 Å². The lowest BCUT2D eigenvalue weighted by Gasteiger charge is -2.15. The first-order valence-corrected chi connectivity index (χ1v) is 8.02. The minimum absolute atomic E-state index is 0.216. The molecule has 3 rings (SSSR count). The van der Waals surface area contributed by atoms with Crippen LogP contribution in [-0.2, 0) is 19.1 Å². The van der Waals surface area contributed by atoms with E-state index < -0.39 is 18.0 Å². The first kappa shape index (κ1) is 17.8. The van der Waals surface area contributed by atoms with E-state index in [4.69, 9.17) is 13.9 Å². The SMILES string of the molecule is COCC(=O)O[C@@H](C)C(=O)Nc1cc2oc3ccccc3c2cc1OC. The number of carbonyl (C=O) groups is 2. The number of hydrogen-bond donors (Lipinski definition) is 1. The lowest BCUT2D eigenvalue weighted by atomic mass is 10.1. The van der Waals surface area contributed by atoms with Crippen LogP contribution in [0.25, 0.3) is 21.9 Å². The zero-order valence-electron chi connectivity index (χ0n) is 14.7. The number of rotatable bonds is 6. The third-order valence-electron chi connectivity index (χ3n) is 3.90. The van der Waals surface area contributed by atoms with Crippen LogP contribution in [0.3, 0.4) is 0 Å². The van der Waals surface area contributed by atoms with Crippen molar-refractivity contribution in [1.82, 2.24) is 0 Å². The van der Waals surface area contributed by atoms with E-state index in [1.54, 1.807) is 12.1 Å². The Morgan fingerprint density at radius 2 is 1.88 bits per heavy atom. The number of esters is 1. The molecule has 1 amide bonds. The molecule has 26 heavy (non-hydrogen) atoms. The topological polar surface area (TPSA) is 87.0 Å². The number of fused-ring (bicyclic) bond motifs is 3. The van der Waals surface area contributed by atoms with E-state index in [1.165, 1.54) is 21.1 Å². The third kappa shape index (κ3) is 3.48.